The summed E-state index contributed by atoms with van der Waals surface area (Å²) in [4.78, 5) is 26.1. The first-order valence-corrected chi connectivity index (χ1v) is 20.1. The largest absolute Gasteiger partial charge is 0.377 e. The predicted octanol–water partition coefficient (Wildman–Crippen LogP) is 7.30. The maximum absolute atomic E-state index is 16.3. The van der Waals surface area contributed by atoms with Gasteiger partial charge in [0, 0.05) is 55.9 Å². The molecule has 7 rings (SSSR count). The molecule has 1 N–H and O–H groups in total. The van der Waals surface area contributed by atoms with E-state index in [1.807, 2.05) is 62.4 Å². The van der Waals surface area contributed by atoms with E-state index in [0.717, 1.165) is 84.9 Å². The molecular weight excluding hydrogens is 760 g/mol. The maximum atomic E-state index is 16.3. The summed E-state index contributed by atoms with van der Waals surface area (Å²) in [5.74, 6) is -4.38. The third-order valence-electron chi connectivity index (χ3n) is 11.3. The lowest BCUT2D eigenvalue weighted by Crippen LogP contribution is -2.47. The smallest absolute Gasteiger partial charge is 0.350 e. The van der Waals surface area contributed by atoms with Crippen LogP contribution in [0.4, 0.5) is 24.5 Å². The standard InChI is InChI=1S/C44H50F3N9O3/c1-5-7-25-59-31(3)40(6-2)56-42(57)54(30-51-56)39-18-16-38(17-19-39)53-23-21-52(22-24-53)37-14-11-33(12-15-37)34-13-20-41(48-27-34)44(46,47)43(58,28-55-32(4)49-29-50-55)35-9-8-10-36(45)26-35/h8-20,26-27,29-31,40,58H,5-7,21-25,28H2,1-4H3/t31-,40-,43?/m0/s1. The first-order valence-electron chi connectivity index (χ1n) is 20.1. The van der Waals surface area contributed by atoms with Crippen molar-refractivity contribution >= 4 is 11.4 Å². The minimum Gasteiger partial charge on any atom is -0.377 e. The number of benzene rings is 3. The highest BCUT2D eigenvalue weighted by atomic mass is 19.3. The number of unbranched alkanes of at least 4 members (excludes halogenated alkanes) is 1. The highest BCUT2D eigenvalue weighted by molar-refractivity contribution is 5.66. The molecule has 0 amide bonds. The zero-order valence-corrected chi connectivity index (χ0v) is 33.8. The van der Waals surface area contributed by atoms with Gasteiger partial charge in [0.1, 0.15) is 30.0 Å². The van der Waals surface area contributed by atoms with Gasteiger partial charge >= 0.3 is 11.6 Å². The lowest BCUT2D eigenvalue weighted by Gasteiger charge is -2.37. The van der Waals surface area contributed by atoms with E-state index in [-0.39, 0.29) is 23.4 Å². The Kier molecular flexibility index (Phi) is 12.3. The topological polar surface area (TPSA) is 119 Å². The van der Waals surface area contributed by atoms with Crippen molar-refractivity contribution in [1.82, 2.24) is 34.1 Å². The van der Waals surface area contributed by atoms with Gasteiger partial charge < -0.3 is 19.6 Å². The number of pyridine rings is 1. The average molecular weight is 810 g/mol. The molecule has 12 nitrogen and oxygen atoms in total. The normalized spacial score (nSPS) is 15.6. The zero-order chi connectivity index (χ0) is 41.7. The Bertz CT molecular complexity index is 2360. The Morgan fingerprint density at radius 2 is 1.49 bits per heavy atom. The summed E-state index contributed by atoms with van der Waals surface area (Å²) < 4.78 is 57.2. The van der Waals surface area contributed by atoms with Crippen molar-refractivity contribution in [3.8, 4) is 16.8 Å². The number of ether oxygens (including phenoxy) is 1. The molecule has 0 saturated carbocycles. The number of rotatable bonds is 16. The molecule has 1 saturated heterocycles. The minimum atomic E-state index is -3.93. The number of alkyl halides is 2. The molecule has 1 aliphatic rings. The Hall–Kier alpha value is -5.80. The van der Waals surface area contributed by atoms with Crippen molar-refractivity contribution in [2.45, 2.75) is 77.2 Å². The van der Waals surface area contributed by atoms with E-state index in [1.165, 1.54) is 41.5 Å². The van der Waals surface area contributed by atoms with Crippen LogP contribution in [0.3, 0.4) is 0 Å². The van der Waals surface area contributed by atoms with Gasteiger partial charge in [0.25, 0.3) is 0 Å². The van der Waals surface area contributed by atoms with Crippen LogP contribution in [0.1, 0.15) is 63.2 Å². The molecule has 6 aromatic rings. The van der Waals surface area contributed by atoms with Crippen molar-refractivity contribution in [3.63, 3.8) is 0 Å². The fourth-order valence-electron chi connectivity index (χ4n) is 7.63. The number of aliphatic hydroxyl groups is 1. The van der Waals surface area contributed by atoms with Gasteiger partial charge in [-0.15, -0.1) is 0 Å². The van der Waals surface area contributed by atoms with Gasteiger partial charge in [-0.25, -0.2) is 28.1 Å². The van der Waals surface area contributed by atoms with Crippen molar-refractivity contribution in [2.24, 2.45) is 0 Å². The van der Waals surface area contributed by atoms with Gasteiger partial charge in [0.2, 0.25) is 0 Å². The van der Waals surface area contributed by atoms with E-state index in [1.54, 1.807) is 17.8 Å². The van der Waals surface area contributed by atoms with Gasteiger partial charge in [-0.2, -0.15) is 19.0 Å². The second kappa shape index (κ2) is 17.6. The molecule has 3 aromatic carbocycles. The molecule has 0 spiro atoms. The number of aryl methyl sites for hydroxylation is 1. The lowest BCUT2D eigenvalue weighted by molar-refractivity contribution is -0.206. The lowest BCUT2D eigenvalue weighted by atomic mass is 9.84. The van der Waals surface area contributed by atoms with Crippen LogP contribution in [0.2, 0.25) is 0 Å². The summed E-state index contributed by atoms with van der Waals surface area (Å²) in [6.07, 6.45) is 6.77. The summed E-state index contributed by atoms with van der Waals surface area (Å²) in [6.45, 7) is 10.9. The highest BCUT2D eigenvalue weighted by Crippen LogP contribution is 2.46. The van der Waals surface area contributed by atoms with Crippen LogP contribution in [0.15, 0.2) is 109 Å². The fraction of sp³-hybridized carbons (Fsp3) is 0.386. The van der Waals surface area contributed by atoms with E-state index >= 15 is 8.78 Å². The molecule has 310 valence electrons. The molecular formula is C44H50F3N9O3. The number of aromatic nitrogens is 7. The molecule has 1 unspecified atom stereocenters. The third-order valence-corrected chi connectivity index (χ3v) is 11.3. The van der Waals surface area contributed by atoms with Crippen LogP contribution in [0.25, 0.3) is 16.8 Å². The Morgan fingerprint density at radius 3 is 2.07 bits per heavy atom. The molecule has 0 bridgehead atoms. The SMILES string of the molecule is CCCCO[C@@H](C)[C@H](CC)n1ncn(-c2ccc(N3CCN(c4ccc(-c5ccc(C(F)(F)C(O)(Cn6ncnc6C)c6cccc(F)c6)nc5)cc4)CC3)cc2)c1=O. The summed E-state index contributed by atoms with van der Waals surface area (Å²) in [5, 5.41) is 20.1. The van der Waals surface area contributed by atoms with Gasteiger partial charge in [-0.1, -0.05) is 50.6 Å². The number of anilines is 2. The van der Waals surface area contributed by atoms with Crippen molar-refractivity contribution < 1.29 is 23.0 Å². The van der Waals surface area contributed by atoms with E-state index in [4.69, 9.17) is 4.74 Å². The summed E-state index contributed by atoms with van der Waals surface area (Å²) in [5.41, 5.74) is 0.215. The van der Waals surface area contributed by atoms with E-state index in [9.17, 15) is 14.3 Å². The monoisotopic (exact) mass is 809 g/mol. The molecule has 3 atom stereocenters. The third kappa shape index (κ3) is 8.53. The molecule has 0 aliphatic carbocycles. The van der Waals surface area contributed by atoms with Crippen LogP contribution in [0.5, 0.6) is 0 Å². The van der Waals surface area contributed by atoms with Crippen molar-refractivity contribution in [1.29, 1.82) is 0 Å². The van der Waals surface area contributed by atoms with Gasteiger partial charge in [0.05, 0.1) is 24.4 Å². The number of halogens is 3. The number of piperazine rings is 1. The minimum absolute atomic E-state index is 0.126. The second-order valence-electron chi connectivity index (χ2n) is 15.0. The summed E-state index contributed by atoms with van der Waals surface area (Å²) in [7, 11) is 0. The highest BCUT2D eigenvalue weighted by Gasteiger charge is 2.57. The first-order chi connectivity index (χ1) is 28.4. The first kappa shape index (κ1) is 41.4. The molecule has 0 radical (unpaired) electrons. The van der Waals surface area contributed by atoms with Gasteiger partial charge in [0.15, 0.2) is 5.60 Å². The van der Waals surface area contributed by atoms with Crippen LogP contribution >= 0.6 is 0 Å². The van der Waals surface area contributed by atoms with Crippen LogP contribution < -0.4 is 15.5 Å². The number of hydrogen-bond donors (Lipinski definition) is 1. The Labute approximate surface area is 341 Å². The summed E-state index contributed by atoms with van der Waals surface area (Å²) >= 11 is 0. The van der Waals surface area contributed by atoms with Crippen molar-refractivity contribution in [2.75, 3.05) is 42.6 Å². The summed E-state index contributed by atoms with van der Waals surface area (Å²) in [6, 6.07) is 23.0. The van der Waals surface area contributed by atoms with E-state index in [0.29, 0.717) is 18.0 Å². The molecule has 1 fully saturated rings. The quantitative estimate of drug-likeness (QED) is 0.101. The van der Waals surface area contributed by atoms with E-state index < -0.39 is 29.6 Å². The fourth-order valence-corrected chi connectivity index (χ4v) is 7.63. The molecule has 3 aromatic heterocycles. The molecule has 1 aliphatic heterocycles. The van der Waals surface area contributed by atoms with Gasteiger partial charge in [-0.3, -0.25) is 4.98 Å². The van der Waals surface area contributed by atoms with E-state index in [2.05, 4.69) is 36.9 Å². The predicted molar refractivity (Wildman–Crippen MR) is 221 cm³/mol. The second-order valence-corrected chi connectivity index (χ2v) is 15.0. The maximum Gasteiger partial charge on any atom is 0.350 e. The average Bonchev–Trinajstić information content (AvgIpc) is 3.84. The zero-order valence-electron chi connectivity index (χ0n) is 33.8. The molecule has 15 heteroatoms. The number of hydrogen-bond acceptors (Lipinski definition) is 9. The number of nitrogens with zero attached hydrogens (tertiary/aromatic N) is 9. The Balaban J connectivity index is 0.980. The molecule has 59 heavy (non-hydrogen) atoms. The van der Waals surface area contributed by atoms with Gasteiger partial charge in [-0.05, 0) is 92.4 Å². The van der Waals surface area contributed by atoms with Crippen LogP contribution in [-0.2, 0) is 22.8 Å². The van der Waals surface area contributed by atoms with Crippen LogP contribution in [0, 0.1) is 12.7 Å². The van der Waals surface area contributed by atoms with Crippen molar-refractivity contribution in [3.05, 3.63) is 137 Å². The Morgan fingerprint density at radius 1 is 0.847 bits per heavy atom. The van der Waals surface area contributed by atoms with Crippen LogP contribution in [-0.4, -0.2) is 78.1 Å². The molecule has 4 heterocycles.